The van der Waals surface area contributed by atoms with E-state index in [1.165, 1.54) is 18.4 Å². The second kappa shape index (κ2) is 7.50. The molecule has 0 aliphatic carbocycles. The van der Waals surface area contributed by atoms with Crippen molar-refractivity contribution in [1.82, 2.24) is 0 Å². The summed E-state index contributed by atoms with van der Waals surface area (Å²) in [5.74, 6) is -0.925. The van der Waals surface area contributed by atoms with Crippen LogP contribution in [0, 0.1) is 18.3 Å². The molecule has 2 aromatic carbocycles. The molecule has 0 radical (unpaired) electrons. The van der Waals surface area contributed by atoms with Gasteiger partial charge in [0.25, 0.3) is 0 Å². The smallest absolute Gasteiger partial charge is 0.342 e. The third-order valence-electron chi connectivity index (χ3n) is 6.06. The Kier molecular flexibility index (Phi) is 4.73. The highest BCUT2D eigenvalue weighted by molar-refractivity contribution is 7.13. The van der Waals surface area contributed by atoms with Crippen molar-refractivity contribution in [3.05, 3.63) is 92.5 Å². The maximum Gasteiger partial charge on any atom is 0.342 e. The Morgan fingerprint density at radius 1 is 1.21 bits per heavy atom. The minimum absolute atomic E-state index is 0.0145. The Hall–Kier alpha value is -4.09. The summed E-state index contributed by atoms with van der Waals surface area (Å²) in [7, 11) is 1.28. The predicted octanol–water partition coefficient (Wildman–Crippen LogP) is 3.76. The molecule has 0 unspecified atom stereocenters. The van der Waals surface area contributed by atoms with E-state index in [2.05, 4.69) is 6.07 Å². The van der Waals surface area contributed by atoms with Crippen molar-refractivity contribution in [1.29, 1.82) is 5.26 Å². The zero-order valence-electron chi connectivity index (χ0n) is 17.9. The summed E-state index contributed by atoms with van der Waals surface area (Å²) in [5, 5.41) is 10.1. The first kappa shape index (κ1) is 20.8. The van der Waals surface area contributed by atoms with Gasteiger partial charge in [0.2, 0.25) is 11.8 Å². The molecule has 0 fully saturated rings. The van der Waals surface area contributed by atoms with Gasteiger partial charge < -0.3 is 20.1 Å². The number of nitriles is 1. The number of aryl methyl sites for hydroxylation is 1. The van der Waals surface area contributed by atoms with Gasteiger partial charge in [0.15, 0.2) is 11.2 Å². The summed E-state index contributed by atoms with van der Waals surface area (Å²) >= 11 is 1.24. The Labute approximate surface area is 194 Å². The van der Waals surface area contributed by atoms with Crippen LogP contribution in [0.25, 0.3) is 0 Å². The van der Waals surface area contributed by atoms with Gasteiger partial charge in [-0.15, -0.1) is 11.3 Å². The zero-order chi connectivity index (χ0) is 23.3. The number of carbonyl (C=O) groups excluding carboxylic acids is 2. The minimum Gasteiger partial charge on any atom is -0.465 e. The summed E-state index contributed by atoms with van der Waals surface area (Å²) in [4.78, 5) is 29.6. The first-order chi connectivity index (χ1) is 15.9. The highest BCUT2D eigenvalue weighted by Gasteiger charge is 2.60. The average molecular weight is 458 g/mol. The summed E-state index contributed by atoms with van der Waals surface area (Å²) < 4.78 is 10.7. The molecule has 2 aliphatic heterocycles. The second-order valence-corrected chi connectivity index (χ2v) is 9.00. The third kappa shape index (κ3) is 2.73. The van der Waals surface area contributed by atoms with Gasteiger partial charge in [0.05, 0.1) is 18.5 Å². The van der Waals surface area contributed by atoms with E-state index >= 15 is 0 Å². The molecule has 7 nitrogen and oxygen atoms in total. The highest BCUT2D eigenvalue weighted by atomic mass is 32.1. The molecule has 1 spiro atoms. The average Bonchev–Trinajstić information content (AvgIpc) is 3.27. The molecule has 0 saturated heterocycles. The standard InChI is InChI=1S/C25H19N3O4S/c1-14-19(23(29)31-2)20-21(33-14)25(17(12-26)22(27)32-20)16-10-6-7-11-18(16)28(24(25)30)13-15-8-4-3-5-9-15/h3-11H,13,27H2,1-2H3/t25-/m0/s1. The van der Waals surface area contributed by atoms with Crippen molar-refractivity contribution in [2.75, 3.05) is 12.0 Å². The van der Waals surface area contributed by atoms with Gasteiger partial charge >= 0.3 is 5.97 Å². The molecule has 164 valence electrons. The lowest BCUT2D eigenvalue weighted by molar-refractivity contribution is -0.121. The van der Waals surface area contributed by atoms with Crippen molar-refractivity contribution in [3.63, 3.8) is 0 Å². The van der Waals surface area contributed by atoms with E-state index in [0.717, 1.165) is 5.56 Å². The van der Waals surface area contributed by atoms with Crippen LogP contribution in [0.2, 0.25) is 0 Å². The molecule has 1 amide bonds. The Morgan fingerprint density at radius 3 is 2.61 bits per heavy atom. The molecule has 8 heteroatoms. The van der Waals surface area contributed by atoms with E-state index < -0.39 is 11.4 Å². The van der Waals surface area contributed by atoms with E-state index in [1.54, 1.807) is 11.8 Å². The number of rotatable bonds is 3. The first-order valence-electron chi connectivity index (χ1n) is 10.2. The number of carbonyl (C=O) groups is 2. The van der Waals surface area contributed by atoms with E-state index in [-0.39, 0.29) is 28.7 Å². The Morgan fingerprint density at radius 2 is 1.91 bits per heavy atom. The van der Waals surface area contributed by atoms with Crippen LogP contribution in [0.4, 0.5) is 5.69 Å². The normalized spacial score (nSPS) is 18.6. The highest BCUT2D eigenvalue weighted by Crippen LogP contribution is 2.58. The molecular formula is C25H19N3O4S. The molecule has 33 heavy (non-hydrogen) atoms. The molecule has 3 aromatic rings. The number of hydrogen-bond donors (Lipinski definition) is 1. The summed E-state index contributed by atoms with van der Waals surface area (Å²) in [6.45, 7) is 2.07. The van der Waals surface area contributed by atoms with Crippen molar-refractivity contribution >= 4 is 28.9 Å². The lowest BCUT2D eigenvalue weighted by atomic mass is 9.72. The van der Waals surface area contributed by atoms with Gasteiger partial charge in [-0.25, -0.2) is 4.79 Å². The van der Waals surface area contributed by atoms with Gasteiger partial charge in [0, 0.05) is 16.1 Å². The minimum atomic E-state index is -1.50. The third-order valence-corrected chi connectivity index (χ3v) is 7.27. The van der Waals surface area contributed by atoms with E-state index in [0.29, 0.717) is 27.5 Å². The molecule has 0 saturated carbocycles. The van der Waals surface area contributed by atoms with E-state index in [9.17, 15) is 14.9 Å². The van der Waals surface area contributed by atoms with Crippen molar-refractivity contribution in [2.45, 2.75) is 18.9 Å². The first-order valence-corrected chi connectivity index (χ1v) is 11.0. The molecular weight excluding hydrogens is 438 g/mol. The number of para-hydroxylation sites is 1. The monoisotopic (exact) mass is 457 g/mol. The van der Waals surface area contributed by atoms with Crippen LogP contribution >= 0.6 is 11.3 Å². The van der Waals surface area contributed by atoms with E-state index in [4.69, 9.17) is 15.2 Å². The van der Waals surface area contributed by atoms with Crippen molar-refractivity contribution in [2.24, 2.45) is 5.73 Å². The van der Waals surface area contributed by atoms with Gasteiger partial charge in [-0.05, 0) is 18.6 Å². The fraction of sp³-hybridized carbons (Fsp3) is 0.160. The fourth-order valence-electron chi connectivity index (χ4n) is 4.64. The van der Waals surface area contributed by atoms with Gasteiger partial charge in [-0.2, -0.15) is 5.26 Å². The van der Waals surface area contributed by atoms with Crippen LogP contribution in [-0.2, 0) is 21.5 Å². The summed E-state index contributed by atoms with van der Waals surface area (Å²) in [6.07, 6.45) is 0. The van der Waals surface area contributed by atoms with Gasteiger partial charge in [0.1, 0.15) is 17.2 Å². The zero-order valence-corrected chi connectivity index (χ0v) is 18.7. The summed E-state index contributed by atoms with van der Waals surface area (Å²) in [5.41, 5.74) is 7.20. The predicted molar refractivity (Wildman–Crippen MR) is 123 cm³/mol. The largest absolute Gasteiger partial charge is 0.465 e. The lowest BCUT2D eigenvalue weighted by Crippen LogP contribution is -2.45. The molecule has 2 N–H and O–H groups in total. The van der Waals surface area contributed by atoms with Crippen LogP contribution in [0.1, 0.15) is 31.2 Å². The molecule has 5 rings (SSSR count). The topological polar surface area (TPSA) is 106 Å². The van der Waals surface area contributed by atoms with Crippen molar-refractivity contribution < 1.29 is 19.1 Å². The number of amides is 1. The summed E-state index contributed by atoms with van der Waals surface area (Å²) in [6, 6.07) is 19.1. The molecule has 1 aromatic heterocycles. The second-order valence-electron chi connectivity index (χ2n) is 7.78. The van der Waals surface area contributed by atoms with Crippen LogP contribution in [0.5, 0.6) is 5.75 Å². The number of nitrogens with two attached hydrogens (primary N) is 1. The number of benzene rings is 2. The molecule has 2 aliphatic rings. The SMILES string of the molecule is COC(=O)c1c(C)sc2c1OC(N)=C(C#N)[C@]21C(=O)N(Cc2ccccc2)c2ccccc21. The number of thiophene rings is 1. The number of fused-ring (bicyclic) bond motifs is 4. The Balaban J connectivity index is 1.81. The van der Waals surface area contributed by atoms with Gasteiger partial charge in [-0.1, -0.05) is 48.5 Å². The number of hydrogen-bond acceptors (Lipinski definition) is 7. The van der Waals surface area contributed by atoms with Gasteiger partial charge in [-0.3, -0.25) is 4.79 Å². The number of ether oxygens (including phenoxy) is 2. The number of anilines is 1. The quantitative estimate of drug-likeness (QED) is 0.601. The maximum absolute atomic E-state index is 14.3. The lowest BCUT2D eigenvalue weighted by Gasteiger charge is -2.32. The van der Waals surface area contributed by atoms with Crippen LogP contribution < -0.4 is 15.4 Å². The Bertz CT molecular complexity index is 1390. The molecule has 1 atom stereocenters. The maximum atomic E-state index is 14.3. The van der Waals surface area contributed by atoms with Crippen molar-refractivity contribution in [3.8, 4) is 11.8 Å². The van der Waals surface area contributed by atoms with Crippen LogP contribution in [0.3, 0.4) is 0 Å². The number of nitrogens with zero attached hydrogens (tertiary/aromatic N) is 2. The number of esters is 1. The molecule has 0 bridgehead atoms. The van der Waals surface area contributed by atoms with Crippen LogP contribution in [-0.4, -0.2) is 19.0 Å². The fourth-order valence-corrected chi connectivity index (χ4v) is 5.92. The van der Waals surface area contributed by atoms with Crippen LogP contribution in [0.15, 0.2) is 66.1 Å². The van der Waals surface area contributed by atoms with E-state index in [1.807, 2.05) is 54.6 Å². The molecule has 3 heterocycles. The number of methoxy groups -OCH3 is 1.